The van der Waals surface area contributed by atoms with Gasteiger partial charge in [0.1, 0.15) is 18.1 Å². The van der Waals surface area contributed by atoms with Crippen molar-refractivity contribution in [2.45, 2.75) is 50.5 Å². The number of ether oxygens (including phenoxy) is 2. The van der Waals surface area contributed by atoms with Crippen LogP contribution in [-0.2, 0) is 28.0 Å². The van der Waals surface area contributed by atoms with Crippen molar-refractivity contribution in [1.29, 1.82) is 0 Å². The maximum absolute atomic E-state index is 13.6. The van der Waals surface area contributed by atoms with Crippen molar-refractivity contribution in [3.8, 4) is 11.5 Å². The highest BCUT2D eigenvalue weighted by Crippen LogP contribution is 2.50. The van der Waals surface area contributed by atoms with Crippen LogP contribution in [0.2, 0.25) is 0 Å². The molecule has 1 heterocycles. The Bertz CT molecular complexity index is 1020. The van der Waals surface area contributed by atoms with Gasteiger partial charge in [-0.2, -0.15) is 0 Å². The Morgan fingerprint density at radius 2 is 1.94 bits per heavy atom. The number of rotatable bonds is 8. The first-order valence-corrected chi connectivity index (χ1v) is 12.0. The van der Waals surface area contributed by atoms with E-state index in [4.69, 9.17) is 9.47 Å². The molecule has 2 aromatic carbocycles. The van der Waals surface area contributed by atoms with Crippen LogP contribution in [0.4, 0.5) is 0 Å². The first kappa shape index (κ1) is 21.8. The molecule has 2 saturated carbocycles. The van der Waals surface area contributed by atoms with Gasteiger partial charge in [0, 0.05) is 25.1 Å². The summed E-state index contributed by atoms with van der Waals surface area (Å²) in [6, 6.07) is 14.0. The van der Waals surface area contributed by atoms with Crippen molar-refractivity contribution in [1.82, 2.24) is 10.2 Å². The van der Waals surface area contributed by atoms with Crippen molar-refractivity contribution >= 4 is 11.8 Å². The molecule has 1 N–H and O–H groups in total. The third-order valence-electron chi connectivity index (χ3n) is 7.12. The lowest BCUT2D eigenvalue weighted by Crippen LogP contribution is -2.40. The summed E-state index contributed by atoms with van der Waals surface area (Å²) in [6.45, 7) is 2.41. The Morgan fingerprint density at radius 3 is 2.64 bits per heavy atom. The minimum atomic E-state index is -0.423. The fraction of sp³-hybridized carbons (Fsp3) is 0.481. The highest BCUT2D eigenvalue weighted by Gasteiger charge is 2.53. The lowest BCUT2D eigenvalue weighted by molar-refractivity contribution is -0.134. The van der Waals surface area contributed by atoms with Gasteiger partial charge in [-0.3, -0.25) is 9.59 Å². The molecule has 0 spiro atoms. The van der Waals surface area contributed by atoms with Crippen molar-refractivity contribution < 1.29 is 19.1 Å². The van der Waals surface area contributed by atoms with Gasteiger partial charge in [0.15, 0.2) is 0 Å². The average molecular weight is 449 g/mol. The molecule has 2 aromatic rings. The summed E-state index contributed by atoms with van der Waals surface area (Å²) in [6.07, 6.45) is 5.39. The van der Waals surface area contributed by atoms with Crippen LogP contribution in [0, 0.1) is 5.92 Å². The summed E-state index contributed by atoms with van der Waals surface area (Å²) in [4.78, 5) is 27.7. The number of nitrogens with zero attached hydrogens (tertiary/aromatic N) is 1. The number of aryl methyl sites for hydroxylation is 1. The zero-order chi connectivity index (χ0) is 22.8. The number of methoxy groups -OCH3 is 1. The smallest absolute Gasteiger partial charge is 0.233 e. The van der Waals surface area contributed by atoms with Crippen LogP contribution >= 0.6 is 0 Å². The van der Waals surface area contributed by atoms with Crippen molar-refractivity contribution in [2.24, 2.45) is 5.92 Å². The van der Waals surface area contributed by atoms with Crippen LogP contribution < -0.4 is 14.8 Å². The molecule has 6 nitrogen and oxygen atoms in total. The monoisotopic (exact) mass is 448 g/mol. The van der Waals surface area contributed by atoms with Gasteiger partial charge in [0.25, 0.3) is 0 Å². The molecule has 5 rings (SSSR count). The molecule has 33 heavy (non-hydrogen) atoms. The van der Waals surface area contributed by atoms with Gasteiger partial charge in [-0.1, -0.05) is 24.3 Å². The molecule has 2 amide bonds. The molecule has 0 saturated heterocycles. The maximum Gasteiger partial charge on any atom is 0.233 e. The number of hydrogen-bond donors (Lipinski definition) is 1. The van der Waals surface area contributed by atoms with Gasteiger partial charge in [-0.15, -0.1) is 0 Å². The molecule has 1 aliphatic heterocycles. The van der Waals surface area contributed by atoms with Gasteiger partial charge >= 0.3 is 0 Å². The van der Waals surface area contributed by atoms with E-state index in [0.29, 0.717) is 38.5 Å². The molecule has 0 unspecified atom stereocenters. The Morgan fingerprint density at radius 1 is 1.15 bits per heavy atom. The van der Waals surface area contributed by atoms with Gasteiger partial charge < -0.3 is 19.7 Å². The molecule has 0 aromatic heterocycles. The summed E-state index contributed by atoms with van der Waals surface area (Å²) in [5.41, 5.74) is 2.75. The maximum atomic E-state index is 13.6. The van der Waals surface area contributed by atoms with Crippen LogP contribution in [-0.4, -0.2) is 43.5 Å². The second kappa shape index (κ2) is 9.08. The molecule has 6 heteroatoms. The fourth-order valence-corrected chi connectivity index (χ4v) is 4.67. The second-order valence-corrected chi connectivity index (χ2v) is 9.58. The molecule has 174 valence electrons. The number of nitrogens with one attached hydrogen (secondary N) is 1. The number of fused-ring (bicyclic) bond motifs is 1. The second-order valence-electron chi connectivity index (χ2n) is 9.58. The number of carbonyl (C=O) groups excluding carboxylic acids is 2. The highest BCUT2D eigenvalue weighted by molar-refractivity contribution is 5.91. The van der Waals surface area contributed by atoms with Crippen LogP contribution in [0.15, 0.2) is 42.5 Å². The third kappa shape index (κ3) is 4.85. The zero-order valence-corrected chi connectivity index (χ0v) is 19.3. The summed E-state index contributed by atoms with van der Waals surface area (Å²) >= 11 is 0. The topological polar surface area (TPSA) is 67.9 Å². The van der Waals surface area contributed by atoms with Gasteiger partial charge in [0.2, 0.25) is 11.8 Å². The van der Waals surface area contributed by atoms with E-state index in [9.17, 15) is 9.59 Å². The Labute approximate surface area is 195 Å². The van der Waals surface area contributed by atoms with E-state index in [1.54, 1.807) is 7.11 Å². The molecule has 0 radical (unpaired) electrons. The lowest BCUT2D eigenvalue weighted by atomic mass is 9.94. The first-order chi connectivity index (χ1) is 16.1. The Kier molecular flexibility index (Phi) is 6.00. The van der Waals surface area contributed by atoms with Crippen molar-refractivity contribution in [3.05, 3.63) is 59.2 Å². The Hall–Kier alpha value is -3.02. The lowest BCUT2D eigenvalue weighted by Gasteiger charge is -2.26. The van der Waals surface area contributed by atoms with E-state index in [-0.39, 0.29) is 11.8 Å². The first-order valence-electron chi connectivity index (χ1n) is 12.0. The predicted molar refractivity (Wildman–Crippen MR) is 125 cm³/mol. The molecular weight excluding hydrogens is 416 g/mol. The van der Waals surface area contributed by atoms with E-state index in [2.05, 4.69) is 11.4 Å². The van der Waals surface area contributed by atoms with Crippen LogP contribution in [0.1, 0.15) is 48.8 Å². The van der Waals surface area contributed by atoms with E-state index in [0.717, 1.165) is 47.6 Å². The minimum absolute atomic E-state index is 0.111. The molecule has 3 aliphatic rings. The number of amides is 2. The quantitative estimate of drug-likeness (QED) is 0.670. The van der Waals surface area contributed by atoms with Crippen LogP contribution in [0.5, 0.6) is 11.5 Å². The number of benzene rings is 2. The van der Waals surface area contributed by atoms with E-state index >= 15 is 0 Å². The van der Waals surface area contributed by atoms with E-state index in [1.165, 1.54) is 12.8 Å². The van der Waals surface area contributed by atoms with Gasteiger partial charge in [-0.25, -0.2) is 0 Å². The average Bonchev–Trinajstić information content (AvgIpc) is 3.75. The largest absolute Gasteiger partial charge is 0.497 e. The Balaban J connectivity index is 1.25. The molecule has 2 aliphatic carbocycles. The van der Waals surface area contributed by atoms with Crippen molar-refractivity contribution in [3.63, 3.8) is 0 Å². The molecular formula is C27H32N2O4. The minimum Gasteiger partial charge on any atom is -0.497 e. The highest BCUT2D eigenvalue weighted by atomic mass is 16.5. The van der Waals surface area contributed by atoms with Crippen LogP contribution in [0.3, 0.4) is 0 Å². The summed E-state index contributed by atoms with van der Waals surface area (Å²) in [5, 5.41) is 3.03. The zero-order valence-electron chi connectivity index (χ0n) is 19.3. The summed E-state index contributed by atoms with van der Waals surface area (Å²) in [5.74, 6) is 2.61. The summed E-state index contributed by atoms with van der Waals surface area (Å²) < 4.78 is 11.2. The molecule has 0 bridgehead atoms. The van der Waals surface area contributed by atoms with E-state index in [1.807, 2.05) is 41.3 Å². The van der Waals surface area contributed by atoms with Gasteiger partial charge in [-0.05, 0) is 67.3 Å². The number of hydrogen-bond acceptors (Lipinski definition) is 4. The predicted octanol–water partition coefficient (Wildman–Crippen LogP) is 3.61. The molecule has 2 fully saturated rings. The molecule has 0 atom stereocenters. The summed E-state index contributed by atoms with van der Waals surface area (Å²) in [7, 11) is 1.65. The van der Waals surface area contributed by atoms with Crippen molar-refractivity contribution in [2.75, 3.05) is 26.8 Å². The third-order valence-corrected chi connectivity index (χ3v) is 7.12. The standard InChI is InChI=1S/C27H32N2O4/c1-32-23-8-6-22(7-9-23)27(12-13-27)26(31)29-14-15-33-24-10-4-19(16-21(24)18-29)5-11-25(30)28-17-20-2-3-20/h4,6-10,16,20H,2-3,5,11-15,17-18H2,1H3,(H,28,30). The fourth-order valence-electron chi connectivity index (χ4n) is 4.67. The normalized spacial score (nSPS) is 18.5. The van der Waals surface area contributed by atoms with E-state index < -0.39 is 5.41 Å². The van der Waals surface area contributed by atoms with Crippen LogP contribution in [0.25, 0.3) is 0 Å². The number of carbonyl (C=O) groups is 2. The SMILES string of the molecule is COc1ccc(C2(C(=O)N3CCOc4ccc(CCC(=O)NCC5CC5)cc4C3)CC2)cc1. The van der Waals surface area contributed by atoms with Gasteiger partial charge in [0.05, 0.1) is 19.1 Å².